The van der Waals surface area contributed by atoms with Crippen molar-refractivity contribution in [2.24, 2.45) is 5.92 Å². The van der Waals surface area contributed by atoms with Crippen molar-refractivity contribution in [1.82, 2.24) is 9.62 Å². The molecule has 2 aliphatic rings. The quantitative estimate of drug-likeness (QED) is 0.322. The summed E-state index contributed by atoms with van der Waals surface area (Å²) in [6, 6.07) is 11.6. The number of anilines is 2. The summed E-state index contributed by atoms with van der Waals surface area (Å²) in [4.78, 5) is 2.63. The molecule has 0 saturated carbocycles. The van der Waals surface area contributed by atoms with E-state index < -0.39 is 26.2 Å². The number of aliphatic hydroxyl groups excluding tert-OH is 1. The molecule has 2 aromatic carbocycles. The number of nitrogens with zero attached hydrogens (tertiary/aromatic N) is 2. The molecule has 38 heavy (non-hydrogen) atoms. The molecule has 0 unspecified atom stereocenters. The van der Waals surface area contributed by atoms with Crippen LogP contribution in [0.5, 0.6) is 5.75 Å². The first-order valence-corrected chi connectivity index (χ1v) is 16.4. The molecular weight excluding hydrogens is 528 g/mol. The van der Waals surface area contributed by atoms with Crippen LogP contribution in [0.2, 0.25) is 0 Å². The molecule has 0 spiro atoms. The fraction of sp³-hybridized carbons (Fsp3) is 0.538. The van der Waals surface area contributed by atoms with E-state index >= 15 is 0 Å². The van der Waals surface area contributed by atoms with Crippen molar-refractivity contribution in [2.45, 2.75) is 43.1 Å². The number of sulfonamides is 2. The van der Waals surface area contributed by atoms with Crippen LogP contribution in [0.15, 0.2) is 47.4 Å². The molecule has 4 N–H and O–H groups in total. The lowest BCUT2D eigenvalue weighted by atomic mass is 9.96. The second-order valence-electron chi connectivity index (χ2n) is 10.2. The van der Waals surface area contributed by atoms with Gasteiger partial charge in [-0.15, -0.1) is 0 Å². The van der Waals surface area contributed by atoms with Crippen LogP contribution < -0.4 is 14.9 Å². The van der Waals surface area contributed by atoms with Gasteiger partial charge in [-0.25, -0.2) is 16.8 Å². The first-order valence-electron chi connectivity index (χ1n) is 13.1. The van der Waals surface area contributed by atoms with Crippen molar-refractivity contribution in [2.75, 3.05) is 55.1 Å². The van der Waals surface area contributed by atoms with Gasteiger partial charge >= 0.3 is 0 Å². The molecule has 2 aromatic rings. The number of piperidine rings is 2. The number of nitrogens with one attached hydrogen (secondary N) is 2. The van der Waals surface area contributed by atoms with E-state index in [1.807, 2.05) is 12.1 Å². The summed E-state index contributed by atoms with van der Waals surface area (Å²) < 4.78 is 52.6. The van der Waals surface area contributed by atoms with Crippen molar-refractivity contribution in [3.63, 3.8) is 0 Å². The van der Waals surface area contributed by atoms with Crippen molar-refractivity contribution >= 4 is 31.4 Å². The van der Waals surface area contributed by atoms with E-state index in [0.29, 0.717) is 36.0 Å². The summed E-state index contributed by atoms with van der Waals surface area (Å²) in [5.41, 5.74) is 1.56. The van der Waals surface area contributed by atoms with Crippen molar-refractivity contribution < 1.29 is 27.0 Å². The van der Waals surface area contributed by atoms with Crippen LogP contribution >= 0.6 is 0 Å². The molecule has 0 bridgehead atoms. The highest BCUT2D eigenvalue weighted by molar-refractivity contribution is 7.92. The Morgan fingerprint density at radius 1 is 0.947 bits per heavy atom. The number of phenolic OH excluding ortho intramolecular Hbond substituents is 1. The molecule has 1 atom stereocenters. The summed E-state index contributed by atoms with van der Waals surface area (Å²) >= 11 is 0. The Labute approximate surface area is 225 Å². The number of phenols is 1. The minimum absolute atomic E-state index is 0.0357. The molecule has 0 radical (unpaired) electrons. The number of hydrogen-bond donors (Lipinski definition) is 4. The first kappa shape index (κ1) is 28.6. The molecule has 210 valence electrons. The highest BCUT2D eigenvalue weighted by atomic mass is 32.2. The Morgan fingerprint density at radius 3 is 2.24 bits per heavy atom. The molecule has 0 aromatic heterocycles. The van der Waals surface area contributed by atoms with Gasteiger partial charge in [0.15, 0.2) is 0 Å². The second kappa shape index (κ2) is 12.2. The van der Waals surface area contributed by atoms with E-state index in [4.69, 9.17) is 0 Å². The van der Waals surface area contributed by atoms with Crippen molar-refractivity contribution in [1.29, 1.82) is 0 Å². The number of rotatable bonds is 10. The first-order chi connectivity index (χ1) is 18.0. The summed E-state index contributed by atoms with van der Waals surface area (Å²) in [6.07, 6.45) is 5.01. The van der Waals surface area contributed by atoms with Crippen molar-refractivity contribution in [3.05, 3.63) is 48.0 Å². The Hall–Kier alpha value is -2.38. The monoisotopic (exact) mass is 566 g/mol. The van der Waals surface area contributed by atoms with Crippen LogP contribution in [0, 0.1) is 5.92 Å². The van der Waals surface area contributed by atoms with E-state index in [-0.39, 0.29) is 11.4 Å². The number of hydrogen-bond acceptors (Lipinski definition) is 8. The lowest BCUT2D eigenvalue weighted by Gasteiger charge is -2.34. The highest BCUT2D eigenvalue weighted by Gasteiger charge is 2.26. The normalized spacial score (nSPS) is 18.8. The Balaban J connectivity index is 1.23. The number of benzene rings is 2. The van der Waals surface area contributed by atoms with E-state index in [1.165, 1.54) is 12.1 Å². The third-order valence-corrected chi connectivity index (χ3v) is 9.74. The maximum atomic E-state index is 12.9. The van der Waals surface area contributed by atoms with Crippen LogP contribution in [-0.2, 0) is 20.0 Å². The smallest absolute Gasteiger partial charge is 0.243 e. The standard InChI is InChI=1S/C26H38N4O6S2/c1-37(33,34)28-24-17-21(5-10-25(24)31)26(32)19-27-18-20-11-15-29(16-12-20)22-6-8-23(9-7-22)38(35,36)30-13-3-2-4-14-30/h5-10,17,20,26-28,31-32H,2-4,11-16,18-19H2,1H3/t26-/m0/s1. The van der Waals surface area contributed by atoms with Gasteiger partial charge in [0.05, 0.1) is 22.9 Å². The maximum Gasteiger partial charge on any atom is 0.243 e. The summed E-state index contributed by atoms with van der Waals surface area (Å²) in [7, 11) is -6.98. The summed E-state index contributed by atoms with van der Waals surface area (Å²) in [5, 5.41) is 23.7. The molecule has 0 amide bonds. The van der Waals surface area contributed by atoms with E-state index in [2.05, 4.69) is 14.9 Å². The zero-order valence-electron chi connectivity index (χ0n) is 21.7. The number of aromatic hydroxyl groups is 1. The van der Waals surface area contributed by atoms with Gasteiger partial charge in [-0.1, -0.05) is 12.5 Å². The third kappa shape index (κ3) is 7.38. The van der Waals surface area contributed by atoms with Gasteiger partial charge in [-0.3, -0.25) is 4.72 Å². The van der Waals surface area contributed by atoms with E-state index in [1.54, 1.807) is 22.5 Å². The molecule has 10 nitrogen and oxygen atoms in total. The second-order valence-corrected chi connectivity index (χ2v) is 13.9. The van der Waals surface area contributed by atoms with Crippen LogP contribution in [0.4, 0.5) is 11.4 Å². The summed E-state index contributed by atoms with van der Waals surface area (Å²) in [6.45, 7) is 3.97. The fourth-order valence-corrected chi connectivity index (χ4v) is 7.14. The zero-order valence-corrected chi connectivity index (χ0v) is 23.3. The van der Waals surface area contributed by atoms with Gasteiger partial charge in [-0.05, 0) is 80.1 Å². The van der Waals surface area contributed by atoms with E-state index in [9.17, 15) is 27.0 Å². The minimum Gasteiger partial charge on any atom is -0.506 e. The van der Waals surface area contributed by atoms with E-state index in [0.717, 1.165) is 63.7 Å². The zero-order chi connectivity index (χ0) is 27.3. The van der Waals surface area contributed by atoms with Crippen molar-refractivity contribution in [3.8, 4) is 5.75 Å². The van der Waals surface area contributed by atoms with Crippen LogP contribution in [-0.4, -0.2) is 76.9 Å². The van der Waals surface area contributed by atoms with Crippen LogP contribution in [0.1, 0.15) is 43.8 Å². The minimum atomic E-state index is -3.55. The predicted octanol–water partition coefficient (Wildman–Crippen LogP) is 2.48. The van der Waals surface area contributed by atoms with Gasteiger partial charge in [-0.2, -0.15) is 4.31 Å². The molecule has 4 rings (SSSR count). The molecule has 12 heteroatoms. The molecule has 0 aliphatic carbocycles. The largest absolute Gasteiger partial charge is 0.506 e. The third-order valence-electron chi connectivity index (χ3n) is 7.24. The Morgan fingerprint density at radius 2 is 1.61 bits per heavy atom. The Kier molecular flexibility index (Phi) is 9.19. The highest BCUT2D eigenvalue weighted by Crippen LogP contribution is 2.29. The molecule has 2 aliphatic heterocycles. The van der Waals surface area contributed by atoms with Gasteiger partial charge < -0.3 is 20.4 Å². The molecule has 2 saturated heterocycles. The topological polar surface area (TPSA) is 139 Å². The Bertz CT molecular complexity index is 1290. The predicted molar refractivity (Wildman–Crippen MR) is 148 cm³/mol. The maximum absolute atomic E-state index is 12.9. The molecule has 2 heterocycles. The average Bonchev–Trinajstić information content (AvgIpc) is 2.90. The van der Waals surface area contributed by atoms with Gasteiger partial charge in [0.25, 0.3) is 0 Å². The van der Waals surface area contributed by atoms with Gasteiger partial charge in [0.2, 0.25) is 20.0 Å². The lowest BCUT2D eigenvalue weighted by Crippen LogP contribution is -2.38. The van der Waals surface area contributed by atoms with Crippen LogP contribution in [0.3, 0.4) is 0 Å². The molecule has 2 fully saturated rings. The SMILES string of the molecule is CS(=O)(=O)Nc1cc([C@@H](O)CNCC2CCN(c3ccc(S(=O)(=O)N4CCCCC4)cc3)CC2)ccc1O. The number of aliphatic hydroxyl groups is 1. The molecular formula is C26H38N4O6S2. The summed E-state index contributed by atoms with van der Waals surface area (Å²) in [5.74, 6) is 0.240. The average molecular weight is 567 g/mol. The van der Waals surface area contributed by atoms with Gasteiger partial charge in [0, 0.05) is 38.4 Å². The van der Waals surface area contributed by atoms with Crippen LogP contribution in [0.25, 0.3) is 0 Å². The van der Waals surface area contributed by atoms with Gasteiger partial charge in [0.1, 0.15) is 5.75 Å². The fourth-order valence-electron chi connectivity index (χ4n) is 5.06. The lowest BCUT2D eigenvalue weighted by molar-refractivity contribution is 0.171.